The van der Waals surface area contributed by atoms with Gasteiger partial charge in [0.05, 0.1) is 13.2 Å². The molecule has 4 unspecified atom stereocenters. The Kier molecular flexibility index (Phi) is 4.59. The van der Waals surface area contributed by atoms with E-state index in [0.29, 0.717) is 30.5 Å². The maximum atomic E-state index is 12.8. The van der Waals surface area contributed by atoms with Crippen LogP contribution in [0.5, 0.6) is 0 Å². The highest BCUT2D eigenvalue weighted by atomic mass is 16.5. The summed E-state index contributed by atoms with van der Waals surface area (Å²) >= 11 is 0. The van der Waals surface area contributed by atoms with Crippen LogP contribution < -0.4 is 0 Å². The largest absolute Gasteiger partial charge is 0.461 e. The number of hydrogen-bond acceptors (Lipinski definition) is 4. The molecule has 6 aliphatic carbocycles. The molecule has 4 aromatic rings. The zero-order chi connectivity index (χ0) is 25.7. The second kappa shape index (κ2) is 7.85. The van der Waals surface area contributed by atoms with Gasteiger partial charge in [-0.2, -0.15) is 0 Å². The fraction of sp³-hybridized carbons (Fsp3) is 0.375. The van der Waals surface area contributed by atoms with E-state index in [1.165, 1.54) is 44.2 Å². The van der Waals surface area contributed by atoms with Gasteiger partial charge in [-0.25, -0.2) is 9.59 Å². The summed E-state index contributed by atoms with van der Waals surface area (Å²) in [6, 6.07) is 9.30. The Bertz CT molecular complexity index is 1670. The molecule has 0 spiro atoms. The molecular weight excluding hydrogens is 476 g/mol. The molecule has 2 heterocycles. The van der Waals surface area contributed by atoms with E-state index in [1.807, 2.05) is 26.2 Å². The molecule has 0 saturated heterocycles. The van der Waals surface area contributed by atoms with Crippen molar-refractivity contribution in [2.24, 2.45) is 0 Å². The summed E-state index contributed by atoms with van der Waals surface area (Å²) in [4.78, 5) is 32.1. The minimum atomic E-state index is -0.256. The number of esters is 2. The van der Waals surface area contributed by atoms with Gasteiger partial charge in [0.15, 0.2) is 0 Å². The van der Waals surface area contributed by atoms with Crippen LogP contribution in [0, 0.1) is 0 Å². The van der Waals surface area contributed by atoms with E-state index in [2.05, 4.69) is 34.2 Å². The summed E-state index contributed by atoms with van der Waals surface area (Å²) < 4.78 is 10.8. The van der Waals surface area contributed by atoms with Gasteiger partial charge in [-0.05, 0) is 94.8 Å². The van der Waals surface area contributed by atoms with Crippen molar-refractivity contribution in [1.82, 2.24) is 9.97 Å². The minimum absolute atomic E-state index is 0.191. The SMILES string of the molecule is CCOC(=O)c1[nH]cc2c1C1CCC2c2c1ccc1c3c(ccc21)C1CCC3c2c1c[nH]c2C(=O)OCC. The van der Waals surface area contributed by atoms with Gasteiger partial charge in [0.2, 0.25) is 0 Å². The maximum Gasteiger partial charge on any atom is 0.355 e. The monoisotopic (exact) mass is 506 g/mol. The van der Waals surface area contributed by atoms with Crippen LogP contribution in [0.15, 0.2) is 36.7 Å². The Balaban J connectivity index is 1.30. The van der Waals surface area contributed by atoms with Crippen LogP contribution in [0.25, 0.3) is 10.8 Å². The molecule has 0 aliphatic heterocycles. The fourth-order valence-corrected chi connectivity index (χ4v) is 8.33. The van der Waals surface area contributed by atoms with Gasteiger partial charge < -0.3 is 19.4 Å². The van der Waals surface area contributed by atoms with Crippen LogP contribution in [0.1, 0.15) is 129 Å². The number of carbonyl (C=O) groups is 2. The zero-order valence-corrected chi connectivity index (χ0v) is 21.6. The van der Waals surface area contributed by atoms with Crippen molar-refractivity contribution >= 4 is 22.7 Å². The molecule has 2 aromatic heterocycles. The number of nitrogens with one attached hydrogen (secondary N) is 2. The van der Waals surface area contributed by atoms with Crippen molar-refractivity contribution in [3.63, 3.8) is 0 Å². The van der Waals surface area contributed by atoms with Crippen LogP contribution in [0.2, 0.25) is 0 Å². The molecule has 10 rings (SSSR count). The smallest absolute Gasteiger partial charge is 0.355 e. The first-order valence-corrected chi connectivity index (χ1v) is 14.0. The third-order valence-corrected chi connectivity index (χ3v) is 9.60. The van der Waals surface area contributed by atoms with Gasteiger partial charge in [0.1, 0.15) is 11.4 Å². The lowest BCUT2D eigenvalue weighted by Gasteiger charge is -2.42. The summed E-state index contributed by atoms with van der Waals surface area (Å²) in [5, 5.41) is 2.63. The van der Waals surface area contributed by atoms with Gasteiger partial charge in [-0.3, -0.25) is 0 Å². The molecule has 6 heteroatoms. The molecule has 4 bridgehead atoms. The fourth-order valence-electron chi connectivity index (χ4n) is 8.33. The van der Waals surface area contributed by atoms with E-state index in [1.54, 1.807) is 0 Å². The molecule has 38 heavy (non-hydrogen) atoms. The summed E-state index contributed by atoms with van der Waals surface area (Å²) in [7, 11) is 0. The lowest BCUT2D eigenvalue weighted by Crippen LogP contribution is -2.27. The number of aromatic nitrogens is 2. The second-order valence-corrected chi connectivity index (χ2v) is 11.1. The number of rotatable bonds is 4. The summed E-state index contributed by atoms with van der Waals surface area (Å²) in [5.74, 6) is 0.467. The number of aromatic amines is 2. The van der Waals surface area contributed by atoms with Crippen molar-refractivity contribution in [3.8, 4) is 0 Å². The highest BCUT2D eigenvalue weighted by Crippen LogP contribution is 2.59. The molecule has 2 aromatic carbocycles. The number of carbonyl (C=O) groups excluding carboxylic acids is 2. The topological polar surface area (TPSA) is 84.2 Å². The van der Waals surface area contributed by atoms with Crippen LogP contribution >= 0.6 is 0 Å². The molecule has 4 atom stereocenters. The molecule has 0 amide bonds. The number of hydrogen-bond donors (Lipinski definition) is 2. The highest BCUT2D eigenvalue weighted by Gasteiger charge is 2.45. The predicted octanol–water partition coefficient (Wildman–Crippen LogP) is 6.59. The van der Waals surface area contributed by atoms with Gasteiger partial charge in [0, 0.05) is 36.1 Å². The van der Waals surface area contributed by atoms with Crippen LogP contribution in [0.4, 0.5) is 0 Å². The Hall–Kier alpha value is -3.80. The van der Waals surface area contributed by atoms with Crippen molar-refractivity contribution in [2.45, 2.75) is 63.2 Å². The minimum Gasteiger partial charge on any atom is -0.461 e. The number of fused-ring (bicyclic) bond motifs is 3. The third-order valence-electron chi connectivity index (χ3n) is 9.60. The lowest BCUT2D eigenvalue weighted by molar-refractivity contribution is 0.0508. The molecule has 0 radical (unpaired) electrons. The molecular formula is C32H30N2O4. The average Bonchev–Trinajstić information content (AvgIpc) is 3.60. The quantitative estimate of drug-likeness (QED) is 0.306. The van der Waals surface area contributed by atoms with Gasteiger partial charge in [-0.1, -0.05) is 24.3 Å². The predicted molar refractivity (Wildman–Crippen MR) is 143 cm³/mol. The van der Waals surface area contributed by atoms with Gasteiger partial charge in [0.25, 0.3) is 0 Å². The molecule has 0 fully saturated rings. The standard InChI is InChI=1S/C32H30N2O4/c1-3-37-31(35)29-27-20-10-11-21(24(27)14-34-29)25-17-7-6-16-15-5-12-22(26(16)18(17)8-9-19(20)25)28-23(15)13-33-30(28)32(36)38-4-2/h6-9,13-15,20-22,33-34H,3-5,10-12H2,1-2H3. The van der Waals surface area contributed by atoms with Gasteiger partial charge >= 0.3 is 11.9 Å². The van der Waals surface area contributed by atoms with Crippen LogP contribution in [0.3, 0.4) is 0 Å². The normalized spacial score (nSPS) is 23.5. The summed E-state index contributed by atoms with van der Waals surface area (Å²) in [6.07, 6.45) is 8.36. The van der Waals surface area contributed by atoms with E-state index in [0.717, 1.165) is 36.8 Å². The highest BCUT2D eigenvalue weighted by molar-refractivity contribution is 5.97. The summed E-state index contributed by atoms with van der Waals surface area (Å²) in [6.45, 7) is 4.44. The van der Waals surface area contributed by atoms with Gasteiger partial charge in [-0.15, -0.1) is 0 Å². The lowest BCUT2D eigenvalue weighted by atomic mass is 9.61. The Labute approximate surface area is 220 Å². The Morgan fingerprint density at radius 2 is 1.08 bits per heavy atom. The van der Waals surface area contributed by atoms with Crippen LogP contribution in [-0.2, 0) is 9.47 Å². The van der Waals surface area contributed by atoms with Crippen molar-refractivity contribution < 1.29 is 19.1 Å². The second-order valence-electron chi connectivity index (χ2n) is 11.1. The number of H-pyrrole nitrogens is 2. The van der Waals surface area contributed by atoms with Crippen molar-refractivity contribution in [1.29, 1.82) is 0 Å². The van der Waals surface area contributed by atoms with E-state index < -0.39 is 0 Å². The summed E-state index contributed by atoms with van der Waals surface area (Å²) in [5.41, 5.74) is 11.6. The first kappa shape index (κ1) is 22.2. The van der Waals surface area contributed by atoms with Crippen molar-refractivity contribution in [2.75, 3.05) is 13.2 Å². The maximum absolute atomic E-state index is 12.8. The van der Waals surface area contributed by atoms with E-state index in [4.69, 9.17) is 9.47 Å². The molecule has 6 aliphatic rings. The molecule has 0 saturated carbocycles. The van der Waals surface area contributed by atoms with Crippen molar-refractivity contribution in [3.05, 3.63) is 92.6 Å². The Morgan fingerprint density at radius 3 is 1.68 bits per heavy atom. The van der Waals surface area contributed by atoms with Crippen LogP contribution in [-0.4, -0.2) is 35.1 Å². The van der Waals surface area contributed by atoms with E-state index >= 15 is 0 Å². The van der Waals surface area contributed by atoms with E-state index in [9.17, 15) is 9.59 Å². The number of benzene rings is 2. The average molecular weight is 507 g/mol. The Morgan fingerprint density at radius 1 is 0.632 bits per heavy atom. The molecule has 6 nitrogen and oxygen atoms in total. The van der Waals surface area contributed by atoms with E-state index in [-0.39, 0.29) is 29.7 Å². The zero-order valence-electron chi connectivity index (χ0n) is 21.6. The number of ether oxygens (including phenoxy) is 2. The molecule has 2 N–H and O–H groups in total. The first-order valence-electron chi connectivity index (χ1n) is 14.0. The third kappa shape index (κ3) is 2.68. The first-order chi connectivity index (χ1) is 18.6. The molecule has 192 valence electrons.